The topological polar surface area (TPSA) is 105 Å². The largest absolute Gasteiger partial charge is 0.481 e. The zero-order valence-corrected chi connectivity index (χ0v) is 20.2. The smallest absolute Gasteiger partial charge is 0.407 e. The molecule has 2 aromatic carbocycles. The van der Waals surface area contributed by atoms with Gasteiger partial charge in [-0.1, -0.05) is 74.4 Å². The number of unbranched alkanes of at least 4 members (excludes halogenated alkanes) is 1. The van der Waals surface area contributed by atoms with Gasteiger partial charge in [0.25, 0.3) is 0 Å². The third-order valence-electron chi connectivity index (χ3n) is 6.29. The number of nitrogens with one attached hydrogen (secondary N) is 2. The Labute approximate surface area is 206 Å². The molecule has 0 heterocycles. The summed E-state index contributed by atoms with van der Waals surface area (Å²) in [6, 6.07) is 14.8. The number of allylic oxidation sites excluding steroid dienone is 1. The van der Waals surface area contributed by atoms with Gasteiger partial charge in [0.1, 0.15) is 12.6 Å². The monoisotopic (exact) mass is 478 g/mol. The quantitative estimate of drug-likeness (QED) is 0.351. The molecule has 2 atom stereocenters. The lowest BCUT2D eigenvalue weighted by atomic mass is 9.98. The van der Waals surface area contributed by atoms with Crippen LogP contribution in [0.3, 0.4) is 0 Å². The highest BCUT2D eigenvalue weighted by Gasteiger charge is 2.30. The second-order valence-electron chi connectivity index (χ2n) is 8.83. The van der Waals surface area contributed by atoms with Gasteiger partial charge in [-0.3, -0.25) is 9.59 Å². The molecule has 7 heteroatoms. The Hall–Kier alpha value is -3.61. The average Bonchev–Trinajstić information content (AvgIpc) is 3.17. The summed E-state index contributed by atoms with van der Waals surface area (Å²) in [5.41, 5.74) is 4.48. The van der Waals surface area contributed by atoms with Crippen molar-refractivity contribution in [2.45, 2.75) is 63.5 Å². The molecule has 2 amide bonds. The van der Waals surface area contributed by atoms with Crippen LogP contribution in [0.1, 0.15) is 62.5 Å². The van der Waals surface area contributed by atoms with Gasteiger partial charge in [0.2, 0.25) is 5.91 Å². The zero-order valence-electron chi connectivity index (χ0n) is 20.2. The molecule has 1 unspecified atom stereocenters. The molecule has 186 valence electrons. The van der Waals surface area contributed by atoms with Crippen molar-refractivity contribution in [2.24, 2.45) is 0 Å². The van der Waals surface area contributed by atoms with Crippen LogP contribution in [0.15, 0.2) is 61.2 Å². The van der Waals surface area contributed by atoms with E-state index in [4.69, 9.17) is 4.74 Å². The van der Waals surface area contributed by atoms with Crippen molar-refractivity contribution in [3.63, 3.8) is 0 Å². The van der Waals surface area contributed by atoms with Gasteiger partial charge in [0, 0.05) is 12.0 Å². The van der Waals surface area contributed by atoms with Crippen LogP contribution < -0.4 is 10.6 Å². The normalized spacial score (nSPS) is 13.7. The number of amides is 2. The molecule has 35 heavy (non-hydrogen) atoms. The molecule has 1 aliphatic rings. The minimum absolute atomic E-state index is 0.0809. The maximum atomic E-state index is 12.9. The van der Waals surface area contributed by atoms with Gasteiger partial charge >= 0.3 is 12.1 Å². The second-order valence-corrected chi connectivity index (χ2v) is 8.83. The van der Waals surface area contributed by atoms with Crippen LogP contribution in [0, 0.1) is 0 Å². The van der Waals surface area contributed by atoms with E-state index < -0.39 is 30.1 Å². The van der Waals surface area contributed by atoms with Gasteiger partial charge < -0.3 is 20.5 Å². The van der Waals surface area contributed by atoms with Crippen LogP contribution in [0.4, 0.5) is 4.79 Å². The zero-order chi connectivity index (χ0) is 25.2. The number of carboxylic acid groups (broad SMARTS) is 1. The molecule has 2 aromatic rings. The maximum absolute atomic E-state index is 12.9. The number of hydrogen-bond acceptors (Lipinski definition) is 4. The van der Waals surface area contributed by atoms with Gasteiger partial charge in [0.15, 0.2) is 0 Å². The fraction of sp³-hybridized carbons (Fsp3) is 0.393. The Morgan fingerprint density at radius 1 is 1.03 bits per heavy atom. The van der Waals surface area contributed by atoms with Crippen molar-refractivity contribution < 1.29 is 24.2 Å². The molecule has 0 saturated heterocycles. The van der Waals surface area contributed by atoms with Crippen LogP contribution in [0.25, 0.3) is 11.1 Å². The molecule has 0 radical (unpaired) electrons. The number of rotatable bonds is 13. The number of carbonyl (C=O) groups is 3. The highest BCUT2D eigenvalue weighted by Crippen LogP contribution is 2.44. The number of fused-ring (bicyclic) bond motifs is 3. The molecule has 0 fully saturated rings. The number of hydrogen-bond donors (Lipinski definition) is 3. The molecule has 0 saturated carbocycles. The van der Waals surface area contributed by atoms with E-state index in [1.54, 1.807) is 6.08 Å². The standard InChI is InChI=1S/C28H34N2O5/c1-3-5-11-19(17-26(31)32)29-27(33)25(16-6-4-2)30-28(34)35-18-24-22-14-9-7-12-20(22)21-13-8-10-15-23(21)24/h4,7-10,12-15,19,24-25H,2-3,5-6,11,16-18H2,1H3,(H,29,33)(H,30,34)(H,31,32)/t19-,25?/m1/s1. The number of carbonyl (C=O) groups excluding carboxylic acids is 2. The van der Waals surface area contributed by atoms with Crippen LogP contribution >= 0.6 is 0 Å². The highest BCUT2D eigenvalue weighted by atomic mass is 16.5. The minimum Gasteiger partial charge on any atom is -0.481 e. The third-order valence-corrected chi connectivity index (χ3v) is 6.29. The van der Waals surface area contributed by atoms with E-state index in [0.29, 0.717) is 19.3 Å². The van der Waals surface area contributed by atoms with E-state index in [1.807, 2.05) is 43.3 Å². The van der Waals surface area contributed by atoms with E-state index >= 15 is 0 Å². The fourth-order valence-electron chi connectivity index (χ4n) is 4.52. The summed E-state index contributed by atoms with van der Waals surface area (Å²) in [6.07, 6.45) is 3.94. The summed E-state index contributed by atoms with van der Waals surface area (Å²) >= 11 is 0. The van der Waals surface area contributed by atoms with Gasteiger partial charge in [-0.25, -0.2) is 4.79 Å². The van der Waals surface area contributed by atoms with Crippen LogP contribution in [-0.2, 0) is 14.3 Å². The average molecular weight is 479 g/mol. The van der Waals surface area contributed by atoms with Crippen LogP contribution in [0.2, 0.25) is 0 Å². The number of ether oxygens (including phenoxy) is 1. The first-order valence-electron chi connectivity index (χ1n) is 12.2. The lowest BCUT2D eigenvalue weighted by Crippen LogP contribution is -2.50. The van der Waals surface area contributed by atoms with Crippen LogP contribution in [0.5, 0.6) is 0 Å². The van der Waals surface area contributed by atoms with E-state index in [-0.39, 0.29) is 18.9 Å². The Balaban J connectivity index is 1.64. The minimum atomic E-state index is -0.974. The van der Waals surface area contributed by atoms with Crippen molar-refractivity contribution in [3.05, 3.63) is 72.3 Å². The van der Waals surface area contributed by atoms with Crippen molar-refractivity contribution in [2.75, 3.05) is 6.61 Å². The van der Waals surface area contributed by atoms with Gasteiger partial charge in [-0.15, -0.1) is 6.58 Å². The SMILES string of the molecule is C=CCCC(NC(=O)OCC1c2ccccc2-c2ccccc21)C(=O)N[C@H](CCCC)CC(=O)O. The molecular weight excluding hydrogens is 444 g/mol. The summed E-state index contributed by atoms with van der Waals surface area (Å²) < 4.78 is 5.58. The van der Waals surface area contributed by atoms with E-state index in [0.717, 1.165) is 35.1 Å². The summed E-state index contributed by atoms with van der Waals surface area (Å²) in [7, 11) is 0. The fourth-order valence-corrected chi connectivity index (χ4v) is 4.52. The lowest BCUT2D eigenvalue weighted by molar-refractivity contribution is -0.137. The Bertz CT molecular complexity index is 1010. The molecule has 0 aromatic heterocycles. The summed E-state index contributed by atoms with van der Waals surface area (Å²) in [4.78, 5) is 36.8. The first-order chi connectivity index (χ1) is 16.9. The lowest BCUT2D eigenvalue weighted by Gasteiger charge is -2.23. The Morgan fingerprint density at radius 2 is 1.66 bits per heavy atom. The molecule has 1 aliphatic carbocycles. The number of benzene rings is 2. The summed E-state index contributed by atoms with van der Waals surface area (Å²) in [5.74, 6) is -1.47. The second kappa shape index (κ2) is 12.7. The van der Waals surface area contributed by atoms with Crippen molar-refractivity contribution >= 4 is 18.0 Å². The molecule has 0 bridgehead atoms. The van der Waals surface area contributed by atoms with Gasteiger partial charge in [-0.2, -0.15) is 0 Å². The molecule has 3 rings (SSSR count). The highest BCUT2D eigenvalue weighted by molar-refractivity contribution is 5.86. The number of aliphatic carboxylic acids is 1. The van der Waals surface area contributed by atoms with Crippen molar-refractivity contribution in [3.8, 4) is 11.1 Å². The van der Waals surface area contributed by atoms with E-state index in [2.05, 4.69) is 29.3 Å². The Morgan fingerprint density at radius 3 is 2.23 bits per heavy atom. The Kier molecular flexibility index (Phi) is 9.47. The molecule has 7 nitrogen and oxygen atoms in total. The first-order valence-corrected chi connectivity index (χ1v) is 12.2. The molecule has 3 N–H and O–H groups in total. The number of alkyl carbamates (subject to hydrolysis) is 1. The molecule has 0 aliphatic heterocycles. The predicted molar refractivity (Wildman–Crippen MR) is 135 cm³/mol. The predicted octanol–water partition coefficient (Wildman–Crippen LogP) is 5.01. The van der Waals surface area contributed by atoms with Crippen molar-refractivity contribution in [1.29, 1.82) is 0 Å². The van der Waals surface area contributed by atoms with E-state index in [1.165, 1.54) is 0 Å². The first kappa shape index (κ1) is 26.0. The third kappa shape index (κ3) is 6.94. The van der Waals surface area contributed by atoms with Gasteiger partial charge in [-0.05, 0) is 41.5 Å². The number of carboxylic acids is 1. The summed E-state index contributed by atoms with van der Waals surface area (Å²) in [6.45, 7) is 5.84. The van der Waals surface area contributed by atoms with Crippen LogP contribution in [-0.4, -0.2) is 41.8 Å². The molecular formula is C28H34N2O5. The maximum Gasteiger partial charge on any atom is 0.407 e. The van der Waals surface area contributed by atoms with Gasteiger partial charge in [0.05, 0.1) is 6.42 Å². The van der Waals surface area contributed by atoms with E-state index in [9.17, 15) is 19.5 Å². The summed E-state index contributed by atoms with van der Waals surface area (Å²) in [5, 5.41) is 14.6. The molecule has 0 spiro atoms. The van der Waals surface area contributed by atoms with Crippen molar-refractivity contribution in [1.82, 2.24) is 10.6 Å².